The molecule has 1 aromatic rings. The molecule has 16 heavy (non-hydrogen) atoms. The molecule has 1 aromatic heterocycles. The summed E-state index contributed by atoms with van der Waals surface area (Å²) in [6.45, 7) is 5.09. The summed E-state index contributed by atoms with van der Waals surface area (Å²) < 4.78 is 0. The minimum Gasteiger partial charge on any atom is -0.393 e. The average molecular weight is 255 g/mol. The second-order valence-electron chi connectivity index (χ2n) is 4.28. The van der Waals surface area contributed by atoms with Gasteiger partial charge in [-0.05, 0) is 26.7 Å². The molecule has 5 heteroatoms. The van der Waals surface area contributed by atoms with Gasteiger partial charge in [-0.15, -0.1) is 11.3 Å². The molecule has 88 valence electrons. The van der Waals surface area contributed by atoms with Crippen molar-refractivity contribution in [3.05, 3.63) is 10.6 Å². The van der Waals surface area contributed by atoms with E-state index in [-0.39, 0.29) is 0 Å². The van der Waals surface area contributed by atoms with Crippen molar-refractivity contribution < 1.29 is 0 Å². The number of nitrogens with zero attached hydrogens (tertiary/aromatic N) is 2. The van der Waals surface area contributed by atoms with E-state index in [2.05, 4.69) is 23.7 Å². The van der Waals surface area contributed by atoms with Gasteiger partial charge in [0.2, 0.25) is 0 Å². The van der Waals surface area contributed by atoms with Gasteiger partial charge in [0.25, 0.3) is 0 Å². The molecule has 0 bridgehead atoms. The van der Waals surface area contributed by atoms with Gasteiger partial charge in [0.05, 0.1) is 10.7 Å². The minimum atomic E-state index is 0.593. The second-order valence-corrected chi connectivity index (χ2v) is 5.98. The zero-order chi connectivity index (χ0) is 11.7. The lowest BCUT2D eigenvalue weighted by Crippen LogP contribution is -2.29. The van der Waals surface area contributed by atoms with Gasteiger partial charge < -0.3 is 10.6 Å². The molecule has 1 heterocycles. The van der Waals surface area contributed by atoms with Crippen LogP contribution >= 0.6 is 23.6 Å². The number of aryl methyl sites for hydroxylation is 2. The van der Waals surface area contributed by atoms with Gasteiger partial charge in [-0.1, -0.05) is 12.2 Å². The monoisotopic (exact) mass is 255 g/mol. The van der Waals surface area contributed by atoms with E-state index in [0.29, 0.717) is 11.0 Å². The second kappa shape index (κ2) is 4.67. The fourth-order valence-corrected chi connectivity index (χ4v) is 2.73. The number of aromatic nitrogens is 1. The Kier molecular flexibility index (Phi) is 3.44. The number of thiocarbonyl (C=S) groups is 1. The van der Waals surface area contributed by atoms with E-state index in [4.69, 9.17) is 18.0 Å². The molecule has 1 aliphatic rings. The lowest BCUT2D eigenvalue weighted by atomic mass is 10.4. The number of hydrogen-bond donors (Lipinski definition) is 1. The first kappa shape index (κ1) is 11.8. The summed E-state index contributed by atoms with van der Waals surface area (Å²) in [7, 11) is 0. The molecule has 3 nitrogen and oxygen atoms in total. The molecule has 0 amide bonds. The smallest absolute Gasteiger partial charge is 0.186 e. The van der Waals surface area contributed by atoms with Gasteiger partial charge in [0, 0.05) is 23.9 Å². The van der Waals surface area contributed by atoms with Gasteiger partial charge in [0.1, 0.15) is 0 Å². The predicted molar refractivity (Wildman–Crippen MR) is 73.4 cm³/mol. The SMILES string of the molecule is Cc1nc(N(CCC(N)=S)C2CC2)sc1C. The van der Waals surface area contributed by atoms with Gasteiger partial charge >= 0.3 is 0 Å². The van der Waals surface area contributed by atoms with Crippen molar-refractivity contribution >= 4 is 33.7 Å². The van der Waals surface area contributed by atoms with E-state index in [1.165, 1.54) is 17.7 Å². The minimum absolute atomic E-state index is 0.593. The van der Waals surface area contributed by atoms with Crippen LogP contribution in [0.3, 0.4) is 0 Å². The normalized spacial score (nSPS) is 15.1. The molecule has 0 unspecified atom stereocenters. The average Bonchev–Trinajstić information content (AvgIpc) is 2.96. The highest BCUT2D eigenvalue weighted by Crippen LogP contribution is 2.35. The number of hydrogen-bond acceptors (Lipinski definition) is 4. The van der Waals surface area contributed by atoms with Crippen LogP contribution in [0.4, 0.5) is 5.13 Å². The Morgan fingerprint density at radius 2 is 2.25 bits per heavy atom. The third-order valence-electron chi connectivity index (χ3n) is 2.85. The summed E-state index contributed by atoms with van der Waals surface area (Å²) in [5.41, 5.74) is 6.70. The maximum atomic E-state index is 5.56. The predicted octanol–water partition coefficient (Wildman–Crippen LogP) is 2.40. The summed E-state index contributed by atoms with van der Waals surface area (Å²) in [5.74, 6) is 0. The standard InChI is InChI=1S/C11H17N3S2/c1-7-8(2)16-11(13-7)14(9-3-4-9)6-5-10(12)15/h9H,3-6H2,1-2H3,(H2,12,15). The Morgan fingerprint density at radius 1 is 1.56 bits per heavy atom. The Hall–Kier alpha value is -0.680. The van der Waals surface area contributed by atoms with Gasteiger partial charge in [-0.25, -0.2) is 4.98 Å². The van der Waals surface area contributed by atoms with Crippen molar-refractivity contribution in [1.29, 1.82) is 0 Å². The summed E-state index contributed by atoms with van der Waals surface area (Å²) in [6.07, 6.45) is 3.33. The Morgan fingerprint density at radius 3 is 2.69 bits per heavy atom. The van der Waals surface area contributed by atoms with Crippen molar-refractivity contribution in [2.75, 3.05) is 11.4 Å². The number of anilines is 1. The maximum absolute atomic E-state index is 5.56. The fourth-order valence-electron chi connectivity index (χ4n) is 1.63. The zero-order valence-corrected chi connectivity index (χ0v) is 11.3. The molecular weight excluding hydrogens is 238 g/mol. The first-order valence-corrected chi connectivity index (χ1v) is 6.79. The van der Waals surface area contributed by atoms with Crippen LogP contribution in [0, 0.1) is 13.8 Å². The zero-order valence-electron chi connectivity index (χ0n) is 9.69. The molecule has 1 saturated carbocycles. The van der Waals surface area contributed by atoms with Crippen LogP contribution in [-0.4, -0.2) is 22.6 Å². The van der Waals surface area contributed by atoms with Crippen molar-refractivity contribution in [2.45, 2.75) is 39.2 Å². The summed E-state index contributed by atoms with van der Waals surface area (Å²) >= 11 is 6.71. The highest BCUT2D eigenvalue weighted by atomic mass is 32.1. The van der Waals surface area contributed by atoms with Gasteiger partial charge in [-0.2, -0.15) is 0 Å². The molecule has 1 aliphatic carbocycles. The Balaban J connectivity index is 2.09. The Bertz CT molecular complexity index is 376. The van der Waals surface area contributed by atoms with Crippen LogP contribution in [0.25, 0.3) is 0 Å². The molecule has 2 rings (SSSR count). The van der Waals surface area contributed by atoms with Crippen LogP contribution in [-0.2, 0) is 0 Å². The molecule has 0 atom stereocenters. The lowest BCUT2D eigenvalue weighted by molar-refractivity contribution is 0.795. The van der Waals surface area contributed by atoms with E-state index in [9.17, 15) is 0 Å². The van der Waals surface area contributed by atoms with Gasteiger partial charge in [0.15, 0.2) is 5.13 Å². The van der Waals surface area contributed by atoms with E-state index in [0.717, 1.165) is 23.8 Å². The summed E-state index contributed by atoms with van der Waals surface area (Å²) in [6, 6.07) is 0.666. The van der Waals surface area contributed by atoms with E-state index in [1.54, 1.807) is 11.3 Å². The molecule has 2 N–H and O–H groups in total. The molecule has 0 aliphatic heterocycles. The van der Waals surface area contributed by atoms with Crippen LogP contribution in [0.15, 0.2) is 0 Å². The number of thiazole rings is 1. The molecule has 0 saturated heterocycles. The summed E-state index contributed by atoms with van der Waals surface area (Å²) in [5, 5.41) is 1.13. The molecule has 1 fully saturated rings. The first-order chi connectivity index (χ1) is 7.58. The topological polar surface area (TPSA) is 42.2 Å². The number of rotatable bonds is 5. The van der Waals surface area contributed by atoms with Crippen LogP contribution in [0.5, 0.6) is 0 Å². The number of nitrogens with two attached hydrogens (primary N) is 1. The molecule has 0 spiro atoms. The largest absolute Gasteiger partial charge is 0.393 e. The summed E-state index contributed by atoms with van der Waals surface area (Å²) in [4.78, 5) is 8.87. The third-order valence-corrected chi connectivity index (χ3v) is 4.16. The lowest BCUT2D eigenvalue weighted by Gasteiger charge is -2.20. The van der Waals surface area contributed by atoms with Crippen LogP contribution in [0.2, 0.25) is 0 Å². The molecular formula is C11H17N3S2. The maximum Gasteiger partial charge on any atom is 0.186 e. The quantitative estimate of drug-likeness (QED) is 0.820. The highest BCUT2D eigenvalue weighted by Gasteiger charge is 2.30. The highest BCUT2D eigenvalue weighted by molar-refractivity contribution is 7.80. The van der Waals surface area contributed by atoms with Crippen molar-refractivity contribution in [1.82, 2.24) is 4.98 Å². The van der Waals surface area contributed by atoms with Crippen molar-refractivity contribution in [2.24, 2.45) is 5.73 Å². The van der Waals surface area contributed by atoms with E-state index in [1.807, 2.05) is 0 Å². The third kappa shape index (κ3) is 2.71. The van der Waals surface area contributed by atoms with E-state index >= 15 is 0 Å². The fraction of sp³-hybridized carbons (Fsp3) is 0.636. The van der Waals surface area contributed by atoms with Crippen LogP contribution in [0.1, 0.15) is 29.8 Å². The Labute approximate surface area is 106 Å². The molecule has 0 radical (unpaired) electrons. The van der Waals surface area contributed by atoms with Crippen molar-refractivity contribution in [3.8, 4) is 0 Å². The first-order valence-electron chi connectivity index (χ1n) is 5.57. The van der Waals surface area contributed by atoms with Crippen LogP contribution < -0.4 is 10.6 Å². The van der Waals surface area contributed by atoms with Gasteiger partial charge in [-0.3, -0.25) is 0 Å². The van der Waals surface area contributed by atoms with E-state index < -0.39 is 0 Å². The molecule has 0 aromatic carbocycles. The van der Waals surface area contributed by atoms with Crippen molar-refractivity contribution in [3.63, 3.8) is 0 Å².